The smallest absolute Gasteiger partial charge is 0.381 e. The number of anilines is 1. The molecule has 1 aromatic rings. The molecule has 0 spiro atoms. The van der Waals surface area contributed by atoms with Crippen molar-refractivity contribution in [3.8, 4) is 0 Å². The van der Waals surface area contributed by atoms with Gasteiger partial charge in [-0.2, -0.15) is 13.2 Å². The quantitative estimate of drug-likeness (QED) is 0.801. The molecule has 5 heteroatoms. The molecule has 3 saturated carbocycles. The number of rotatable bonds is 2. The van der Waals surface area contributed by atoms with E-state index in [2.05, 4.69) is 21.2 Å². The van der Waals surface area contributed by atoms with Crippen LogP contribution in [0.15, 0.2) is 22.7 Å². The number of alkyl halides is 3. The molecule has 0 heterocycles. The van der Waals surface area contributed by atoms with Crippen LogP contribution in [0.2, 0.25) is 0 Å². The molecule has 0 aliphatic heterocycles. The SMILES string of the molecule is FC(F)(F)c1cc(Br)ccc1NC1C2C3CCC(C3)C12. The van der Waals surface area contributed by atoms with Crippen molar-refractivity contribution in [2.24, 2.45) is 23.7 Å². The molecule has 20 heavy (non-hydrogen) atoms. The van der Waals surface area contributed by atoms with Crippen molar-refractivity contribution < 1.29 is 13.2 Å². The van der Waals surface area contributed by atoms with Crippen molar-refractivity contribution >= 4 is 21.6 Å². The van der Waals surface area contributed by atoms with E-state index in [4.69, 9.17) is 0 Å². The summed E-state index contributed by atoms with van der Waals surface area (Å²) in [4.78, 5) is 0. The van der Waals surface area contributed by atoms with E-state index in [-0.39, 0.29) is 11.7 Å². The lowest BCUT2D eigenvalue weighted by Gasteiger charge is -2.17. The molecule has 1 aromatic carbocycles. The number of hydrogen-bond acceptors (Lipinski definition) is 1. The van der Waals surface area contributed by atoms with Crippen LogP contribution < -0.4 is 5.32 Å². The maximum absolute atomic E-state index is 13.1. The summed E-state index contributed by atoms with van der Waals surface area (Å²) in [6.45, 7) is 0. The summed E-state index contributed by atoms with van der Waals surface area (Å²) < 4.78 is 39.7. The molecule has 3 aliphatic rings. The van der Waals surface area contributed by atoms with Crippen LogP contribution in [0.5, 0.6) is 0 Å². The average molecular weight is 346 g/mol. The fourth-order valence-electron chi connectivity index (χ4n) is 4.57. The topological polar surface area (TPSA) is 12.0 Å². The summed E-state index contributed by atoms with van der Waals surface area (Å²) in [6, 6.07) is 4.64. The van der Waals surface area contributed by atoms with Gasteiger partial charge in [-0.05, 0) is 61.1 Å². The fourth-order valence-corrected chi connectivity index (χ4v) is 4.94. The molecule has 108 valence electrons. The predicted octanol–water partition coefficient (Wildman–Crippen LogP) is 4.92. The van der Waals surface area contributed by atoms with Gasteiger partial charge < -0.3 is 5.32 Å². The first-order valence-corrected chi connectivity index (χ1v) is 7.88. The number of hydrogen-bond donors (Lipinski definition) is 1. The zero-order valence-corrected chi connectivity index (χ0v) is 12.3. The van der Waals surface area contributed by atoms with Crippen molar-refractivity contribution in [3.05, 3.63) is 28.2 Å². The summed E-state index contributed by atoms with van der Waals surface area (Å²) in [5.41, 5.74) is -0.330. The van der Waals surface area contributed by atoms with Gasteiger partial charge in [0, 0.05) is 16.2 Å². The van der Waals surface area contributed by atoms with Gasteiger partial charge >= 0.3 is 6.18 Å². The standard InChI is InChI=1S/C15H15BrF3N/c16-9-3-4-11(10(6-9)15(17,18)19)20-14-12-7-1-2-8(5-7)13(12)14/h3-4,6-8,12-14,20H,1-2,5H2. The molecule has 3 aliphatic carbocycles. The Labute approximate surface area is 124 Å². The zero-order chi connectivity index (χ0) is 14.1. The van der Waals surface area contributed by atoms with Crippen LogP contribution in [0.25, 0.3) is 0 Å². The van der Waals surface area contributed by atoms with Gasteiger partial charge in [-0.25, -0.2) is 0 Å². The van der Waals surface area contributed by atoms with Crippen LogP contribution >= 0.6 is 15.9 Å². The predicted molar refractivity (Wildman–Crippen MR) is 74.4 cm³/mol. The molecule has 4 unspecified atom stereocenters. The van der Waals surface area contributed by atoms with Crippen molar-refractivity contribution in [2.75, 3.05) is 5.32 Å². The molecule has 1 nitrogen and oxygen atoms in total. The number of benzene rings is 1. The van der Waals surface area contributed by atoms with Crippen molar-refractivity contribution in [1.29, 1.82) is 0 Å². The van der Waals surface area contributed by atoms with Crippen LogP contribution in [0.4, 0.5) is 18.9 Å². The van der Waals surface area contributed by atoms with Crippen LogP contribution in [-0.4, -0.2) is 6.04 Å². The third-order valence-electron chi connectivity index (χ3n) is 5.34. The molecule has 4 atom stereocenters. The Kier molecular flexibility index (Phi) is 2.70. The number of nitrogens with one attached hydrogen (secondary N) is 1. The van der Waals surface area contributed by atoms with E-state index >= 15 is 0 Å². The second-order valence-electron chi connectivity index (χ2n) is 6.35. The zero-order valence-electron chi connectivity index (χ0n) is 10.8. The summed E-state index contributed by atoms with van der Waals surface area (Å²) >= 11 is 3.12. The maximum Gasteiger partial charge on any atom is 0.418 e. The van der Waals surface area contributed by atoms with E-state index in [1.807, 2.05) is 0 Å². The molecular formula is C15H15BrF3N. The third-order valence-corrected chi connectivity index (χ3v) is 5.84. The highest BCUT2D eigenvalue weighted by molar-refractivity contribution is 9.10. The Balaban J connectivity index is 1.58. The Hall–Kier alpha value is -0.710. The molecule has 0 aromatic heterocycles. The van der Waals surface area contributed by atoms with E-state index in [1.165, 1.54) is 19.3 Å². The first-order valence-electron chi connectivity index (χ1n) is 7.08. The first-order chi connectivity index (χ1) is 9.45. The highest BCUT2D eigenvalue weighted by Crippen LogP contribution is 2.66. The van der Waals surface area contributed by atoms with Crippen molar-refractivity contribution in [2.45, 2.75) is 31.5 Å². The van der Waals surface area contributed by atoms with Gasteiger partial charge in [0.15, 0.2) is 0 Å². The monoisotopic (exact) mass is 345 g/mol. The minimum Gasteiger partial charge on any atom is -0.381 e. The third kappa shape index (κ3) is 1.89. The summed E-state index contributed by atoms with van der Waals surface area (Å²) in [5.74, 6) is 2.76. The van der Waals surface area contributed by atoms with Gasteiger partial charge in [0.1, 0.15) is 0 Å². The molecular weight excluding hydrogens is 331 g/mol. The average Bonchev–Trinajstić information content (AvgIpc) is 2.78. The van der Waals surface area contributed by atoms with Gasteiger partial charge in [0.2, 0.25) is 0 Å². The van der Waals surface area contributed by atoms with Gasteiger partial charge in [-0.3, -0.25) is 0 Å². The molecule has 0 saturated heterocycles. The maximum atomic E-state index is 13.1. The highest BCUT2D eigenvalue weighted by atomic mass is 79.9. The van der Waals surface area contributed by atoms with Crippen molar-refractivity contribution in [3.63, 3.8) is 0 Å². The Morgan fingerprint density at radius 1 is 1.10 bits per heavy atom. The Morgan fingerprint density at radius 2 is 1.75 bits per heavy atom. The highest BCUT2D eigenvalue weighted by Gasteiger charge is 2.65. The summed E-state index contributed by atoms with van der Waals surface area (Å²) in [5, 5.41) is 3.18. The van der Waals surface area contributed by atoms with E-state index in [0.29, 0.717) is 16.3 Å². The molecule has 3 fully saturated rings. The van der Waals surface area contributed by atoms with Gasteiger partial charge in [-0.15, -0.1) is 0 Å². The second-order valence-corrected chi connectivity index (χ2v) is 7.26. The van der Waals surface area contributed by atoms with Gasteiger partial charge in [-0.1, -0.05) is 15.9 Å². The van der Waals surface area contributed by atoms with Gasteiger partial charge in [0.05, 0.1) is 5.56 Å². The molecule has 0 amide bonds. The second kappa shape index (κ2) is 4.15. The molecule has 2 bridgehead atoms. The largest absolute Gasteiger partial charge is 0.418 e. The van der Waals surface area contributed by atoms with Gasteiger partial charge in [0.25, 0.3) is 0 Å². The lowest BCUT2D eigenvalue weighted by Crippen LogP contribution is -2.16. The Bertz CT molecular complexity index is 541. The van der Waals surface area contributed by atoms with E-state index in [1.54, 1.807) is 12.1 Å². The summed E-state index contributed by atoms with van der Waals surface area (Å²) in [7, 11) is 0. The number of fused-ring (bicyclic) bond motifs is 5. The van der Waals surface area contributed by atoms with Crippen LogP contribution in [-0.2, 0) is 6.18 Å². The van der Waals surface area contributed by atoms with Crippen LogP contribution in [0, 0.1) is 23.7 Å². The molecule has 1 N–H and O–H groups in total. The normalized spacial score (nSPS) is 37.9. The van der Waals surface area contributed by atoms with E-state index in [9.17, 15) is 13.2 Å². The van der Waals surface area contributed by atoms with Crippen molar-refractivity contribution in [1.82, 2.24) is 0 Å². The fraction of sp³-hybridized carbons (Fsp3) is 0.600. The lowest BCUT2D eigenvalue weighted by atomic mass is 10.0. The Morgan fingerprint density at radius 3 is 2.35 bits per heavy atom. The van der Waals surface area contributed by atoms with Crippen LogP contribution in [0.3, 0.4) is 0 Å². The van der Waals surface area contributed by atoms with E-state index < -0.39 is 11.7 Å². The molecule has 4 rings (SSSR count). The van der Waals surface area contributed by atoms with Crippen LogP contribution in [0.1, 0.15) is 24.8 Å². The lowest BCUT2D eigenvalue weighted by molar-refractivity contribution is -0.137. The first kappa shape index (κ1) is 13.0. The minimum absolute atomic E-state index is 0.236. The number of halogens is 4. The van der Waals surface area contributed by atoms with E-state index in [0.717, 1.165) is 17.9 Å². The minimum atomic E-state index is -4.31. The summed E-state index contributed by atoms with van der Waals surface area (Å²) in [6.07, 6.45) is -0.456. The molecule has 0 radical (unpaired) electrons.